The highest BCUT2D eigenvalue weighted by atomic mass is 16.5. The lowest BCUT2D eigenvalue weighted by atomic mass is 9.91. The van der Waals surface area contributed by atoms with E-state index in [0.717, 1.165) is 41.2 Å². The van der Waals surface area contributed by atoms with Crippen LogP contribution >= 0.6 is 0 Å². The van der Waals surface area contributed by atoms with Crippen LogP contribution in [0.1, 0.15) is 42.1 Å². The molecule has 0 saturated carbocycles. The number of rotatable bonds is 4. The smallest absolute Gasteiger partial charge is 0.339 e. The SMILES string of the molecule is Cc1ccc(C(=O)O)c(-c2cccc3cccc(OC(=O)C4=CCC(C)CC4)c23)c1. The number of aryl methyl sites for hydroxylation is 1. The van der Waals surface area contributed by atoms with Crippen molar-refractivity contribution in [3.63, 3.8) is 0 Å². The van der Waals surface area contributed by atoms with Crippen molar-refractivity contribution >= 4 is 22.7 Å². The standard InChI is InChI=1S/C26H24O4/c1-16-9-12-19(13-10-16)26(29)30-23-8-4-6-18-5-3-7-20(24(18)23)22-15-17(2)11-14-21(22)25(27)28/h3-8,11-12,14-16H,9-10,13H2,1-2H3,(H,27,28). The van der Waals surface area contributed by atoms with Crippen LogP contribution in [-0.4, -0.2) is 17.0 Å². The Balaban J connectivity index is 1.84. The Kier molecular flexibility index (Phi) is 5.40. The van der Waals surface area contributed by atoms with Gasteiger partial charge < -0.3 is 9.84 Å². The average Bonchev–Trinajstić information content (AvgIpc) is 2.73. The second-order valence-corrected chi connectivity index (χ2v) is 8.01. The van der Waals surface area contributed by atoms with Crippen LogP contribution in [0.3, 0.4) is 0 Å². The van der Waals surface area contributed by atoms with Crippen LogP contribution in [0.15, 0.2) is 66.2 Å². The molecule has 30 heavy (non-hydrogen) atoms. The largest absolute Gasteiger partial charge is 0.478 e. The van der Waals surface area contributed by atoms with E-state index in [4.69, 9.17) is 4.74 Å². The van der Waals surface area contributed by atoms with Gasteiger partial charge in [0.25, 0.3) is 0 Å². The predicted octanol–water partition coefficient (Wildman–Crippen LogP) is 6.17. The average molecular weight is 400 g/mol. The van der Waals surface area contributed by atoms with Gasteiger partial charge in [0.15, 0.2) is 0 Å². The molecule has 0 aromatic heterocycles. The van der Waals surface area contributed by atoms with Crippen molar-refractivity contribution in [3.8, 4) is 16.9 Å². The van der Waals surface area contributed by atoms with Gasteiger partial charge in [-0.1, -0.05) is 61.0 Å². The van der Waals surface area contributed by atoms with E-state index in [1.54, 1.807) is 18.2 Å². The first-order valence-corrected chi connectivity index (χ1v) is 10.2. The summed E-state index contributed by atoms with van der Waals surface area (Å²) in [5.74, 6) is -0.281. The van der Waals surface area contributed by atoms with E-state index in [0.29, 0.717) is 22.8 Å². The maximum absolute atomic E-state index is 12.8. The normalized spacial score (nSPS) is 16.2. The molecule has 4 rings (SSSR count). The zero-order valence-electron chi connectivity index (χ0n) is 17.1. The Morgan fingerprint density at radius 3 is 2.50 bits per heavy atom. The topological polar surface area (TPSA) is 63.6 Å². The van der Waals surface area contributed by atoms with Gasteiger partial charge in [0.2, 0.25) is 0 Å². The summed E-state index contributed by atoms with van der Waals surface area (Å²) < 4.78 is 5.84. The van der Waals surface area contributed by atoms with Gasteiger partial charge in [0.05, 0.1) is 5.56 Å². The van der Waals surface area contributed by atoms with Crippen molar-refractivity contribution in [3.05, 3.63) is 77.4 Å². The molecule has 1 N–H and O–H groups in total. The summed E-state index contributed by atoms with van der Waals surface area (Å²) in [4.78, 5) is 24.7. The van der Waals surface area contributed by atoms with Gasteiger partial charge in [-0.25, -0.2) is 9.59 Å². The maximum atomic E-state index is 12.8. The lowest BCUT2D eigenvalue weighted by molar-refractivity contribution is -0.130. The number of allylic oxidation sites excluding steroid dienone is 1. The molecule has 4 nitrogen and oxygen atoms in total. The third-order valence-electron chi connectivity index (χ3n) is 5.70. The summed E-state index contributed by atoms with van der Waals surface area (Å²) in [7, 11) is 0. The van der Waals surface area contributed by atoms with E-state index < -0.39 is 5.97 Å². The summed E-state index contributed by atoms with van der Waals surface area (Å²) in [6.07, 6.45) is 4.56. The molecule has 0 amide bonds. The fourth-order valence-electron chi connectivity index (χ4n) is 4.00. The van der Waals surface area contributed by atoms with E-state index in [1.807, 2.05) is 49.4 Å². The molecule has 0 radical (unpaired) electrons. The summed E-state index contributed by atoms with van der Waals surface area (Å²) in [6.45, 7) is 4.11. The fourth-order valence-corrected chi connectivity index (χ4v) is 4.00. The molecule has 1 atom stereocenters. The van der Waals surface area contributed by atoms with Crippen molar-refractivity contribution in [2.45, 2.75) is 33.1 Å². The number of carbonyl (C=O) groups is 2. The van der Waals surface area contributed by atoms with E-state index in [-0.39, 0.29) is 11.5 Å². The number of hydrogen-bond acceptors (Lipinski definition) is 3. The van der Waals surface area contributed by atoms with E-state index in [2.05, 4.69) is 6.92 Å². The molecule has 1 aliphatic carbocycles. The predicted molar refractivity (Wildman–Crippen MR) is 118 cm³/mol. The molecule has 0 heterocycles. The molecule has 0 spiro atoms. The zero-order chi connectivity index (χ0) is 21.3. The number of fused-ring (bicyclic) bond motifs is 1. The fraction of sp³-hybridized carbons (Fsp3) is 0.231. The molecule has 1 unspecified atom stereocenters. The van der Waals surface area contributed by atoms with E-state index in [1.165, 1.54) is 0 Å². The van der Waals surface area contributed by atoms with E-state index in [9.17, 15) is 14.7 Å². The first-order valence-electron chi connectivity index (χ1n) is 10.2. The van der Waals surface area contributed by atoms with Gasteiger partial charge in [0.1, 0.15) is 5.75 Å². The minimum Gasteiger partial charge on any atom is -0.478 e. The second-order valence-electron chi connectivity index (χ2n) is 8.01. The Hall–Kier alpha value is -3.40. The van der Waals surface area contributed by atoms with Crippen LogP contribution in [0, 0.1) is 12.8 Å². The van der Waals surface area contributed by atoms with Crippen molar-refractivity contribution in [1.82, 2.24) is 0 Å². The molecule has 3 aromatic rings. The minimum atomic E-state index is -0.988. The van der Waals surface area contributed by atoms with Crippen LogP contribution in [0.25, 0.3) is 21.9 Å². The van der Waals surface area contributed by atoms with Crippen molar-refractivity contribution in [1.29, 1.82) is 0 Å². The maximum Gasteiger partial charge on any atom is 0.339 e. The second kappa shape index (κ2) is 8.15. The van der Waals surface area contributed by atoms with Gasteiger partial charge in [-0.3, -0.25) is 0 Å². The van der Waals surface area contributed by atoms with Gasteiger partial charge in [-0.15, -0.1) is 0 Å². The lowest BCUT2D eigenvalue weighted by Gasteiger charge is -2.18. The Labute approximate surface area is 175 Å². The molecule has 0 aliphatic heterocycles. The van der Waals surface area contributed by atoms with Crippen LogP contribution in [0.2, 0.25) is 0 Å². The molecule has 4 heteroatoms. The number of carboxylic acid groups (broad SMARTS) is 1. The highest BCUT2D eigenvalue weighted by Crippen LogP contribution is 2.38. The zero-order valence-corrected chi connectivity index (χ0v) is 17.1. The first kappa shape index (κ1) is 19.9. The number of hydrogen-bond donors (Lipinski definition) is 1. The van der Waals surface area contributed by atoms with Crippen molar-refractivity contribution < 1.29 is 19.4 Å². The lowest BCUT2D eigenvalue weighted by Crippen LogP contribution is -2.15. The molecule has 1 aliphatic rings. The summed E-state index contributed by atoms with van der Waals surface area (Å²) >= 11 is 0. The molecule has 0 fully saturated rings. The molecular weight excluding hydrogens is 376 g/mol. The number of carboxylic acids is 1. The summed E-state index contributed by atoms with van der Waals surface area (Å²) in [5.41, 5.74) is 3.25. The van der Waals surface area contributed by atoms with Gasteiger partial charge in [-0.05, 0) is 60.7 Å². The quantitative estimate of drug-likeness (QED) is 0.420. The van der Waals surface area contributed by atoms with Crippen LogP contribution in [0.5, 0.6) is 5.75 Å². The molecule has 152 valence electrons. The number of ether oxygens (including phenoxy) is 1. The van der Waals surface area contributed by atoms with Gasteiger partial charge in [-0.2, -0.15) is 0 Å². The summed E-state index contributed by atoms with van der Waals surface area (Å²) in [6, 6.07) is 16.5. The molecule has 3 aromatic carbocycles. The number of benzene rings is 3. The Morgan fingerprint density at radius 1 is 1.03 bits per heavy atom. The number of carbonyl (C=O) groups excluding carboxylic acids is 1. The van der Waals surface area contributed by atoms with Gasteiger partial charge >= 0.3 is 11.9 Å². The summed E-state index contributed by atoms with van der Waals surface area (Å²) in [5, 5.41) is 11.3. The highest BCUT2D eigenvalue weighted by Gasteiger charge is 2.21. The Morgan fingerprint density at radius 2 is 1.80 bits per heavy atom. The van der Waals surface area contributed by atoms with E-state index >= 15 is 0 Å². The van der Waals surface area contributed by atoms with Crippen molar-refractivity contribution in [2.24, 2.45) is 5.92 Å². The van der Waals surface area contributed by atoms with Crippen molar-refractivity contribution in [2.75, 3.05) is 0 Å². The minimum absolute atomic E-state index is 0.221. The highest BCUT2D eigenvalue weighted by molar-refractivity contribution is 6.07. The molecule has 0 saturated heterocycles. The third-order valence-corrected chi connectivity index (χ3v) is 5.70. The number of aromatic carboxylic acids is 1. The first-order chi connectivity index (χ1) is 14.4. The molecule has 0 bridgehead atoms. The monoisotopic (exact) mass is 400 g/mol. The molecular formula is C26H24O4. The van der Waals surface area contributed by atoms with Crippen LogP contribution in [0.4, 0.5) is 0 Å². The van der Waals surface area contributed by atoms with Crippen LogP contribution < -0.4 is 4.74 Å². The Bertz CT molecular complexity index is 1170. The van der Waals surface area contributed by atoms with Crippen LogP contribution in [-0.2, 0) is 4.79 Å². The third kappa shape index (κ3) is 3.86. The number of esters is 1. The van der Waals surface area contributed by atoms with Gasteiger partial charge in [0, 0.05) is 11.0 Å².